The molecular weight excluding hydrogens is 314 g/mol. The highest BCUT2D eigenvalue weighted by Gasteiger charge is 2.34. The van der Waals surface area contributed by atoms with Crippen LogP contribution in [0.5, 0.6) is 0 Å². The Bertz CT molecular complexity index is 708. The average Bonchev–Trinajstić information content (AvgIpc) is 3.15. The lowest BCUT2D eigenvalue weighted by Crippen LogP contribution is -2.35. The highest BCUT2D eigenvalue weighted by Crippen LogP contribution is 2.22. The fourth-order valence-electron chi connectivity index (χ4n) is 2.43. The van der Waals surface area contributed by atoms with Crippen molar-refractivity contribution < 1.29 is 14.4 Å². The number of amides is 3. The summed E-state index contributed by atoms with van der Waals surface area (Å²) >= 11 is 1.54. The smallest absolute Gasteiger partial charge is 0.261 e. The number of carbonyl (C=O) groups is 3. The molecule has 23 heavy (non-hydrogen) atoms. The first kappa shape index (κ1) is 15.4. The Morgan fingerprint density at radius 2 is 1.87 bits per heavy atom. The van der Waals surface area contributed by atoms with E-state index in [0.29, 0.717) is 24.1 Å². The first-order valence-corrected chi connectivity index (χ1v) is 8.15. The van der Waals surface area contributed by atoms with E-state index < -0.39 is 0 Å². The molecule has 118 valence electrons. The van der Waals surface area contributed by atoms with Crippen molar-refractivity contribution in [1.29, 1.82) is 0 Å². The van der Waals surface area contributed by atoms with E-state index in [1.807, 2.05) is 5.38 Å². The van der Waals surface area contributed by atoms with Crippen molar-refractivity contribution in [3.63, 3.8) is 0 Å². The zero-order chi connectivity index (χ0) is 16.2. The number of carbonyl (C=O) groups excluding carboxylic acids is 3. The van der Waals surface area contributed by atoms with Crippen molar-refractivity contribution in [3.05, 3.63) is 52.0 Å². The minimum absolute atomic E-state index is 0.0927. The number of fused-ring (bicyclic) bond motifs is 1. The van der Waals surface area contributed by atoms with Gasteiger partial charge in [0.1, 0.15) is 0 Å². The first-order chi connectivity index (χ1) is 11.2. The van der Waals surface area contributed by atoms with Gasteiger partial charge in [0.25, 0.3) is 11.8 Å². The van der Waals surface area contributed by atoms with Gasteiger partial charge in [-0.3, -0.25) is 19.3 Å². The molecule has 1 aliphatic heterocycles. The van der Waals surface area contributed by atoms with Crippen LogP contribution in [-0.4, -0.2) is 40.7 Å². The Morgan fingerprint density at radius 1 is 1.17 bits per heavy atom. The maximum absolute atomic E-state index is 12.2. The molecule has 2 aromatic rings. The van der Waals surface area contributed by atoms with Gasteiger partial charge in [-0.25, -0.2) is 4.98 Å². The fourth-order valence-corrected chi connectivity index (χ4v) is 3.05. The van der Waals surface area contributed by atoms with Crippen molar-refractivity contribution in [2.45, 2.75) is 12.8 Å². The van der Waals surface area contributed by atoms with E-state index in [0.717, 1.165) is 9.91 Å². The van der Waals surface area contributed by atoms with Crippen molar-refractivity contribution in [1.82, 2.24) is 15.2 Å². The summed E-state index contributed by atoms with van der Waals surface area (Å²) in [6.07, 6.45) is 2.50. The number of thiazole rings is 1. The van der Waals surface area contributed by atoms with Gasteiger partial charge in [0, 0.05) is 37.5 Å². The van der Waals surface area contributed by atoms with E-state index in [1.54, 1.807) is 41.8 Å². The molecule has 0 bridgehead atoms. The number of hydrogen-bond acceptors (Lipinski definition) is 5. The Hall–Kier alpha value is -2.54. The van der Waals surface area contributed by atoms with Crippen LogP contribution in [0, 0.1) is 0 Å². The molecule has 0 spiro atoms. The summed E-state index contributed by atoms with van der Waals surface area (Å²) in [5.74, 6) is -0.847. The quantitative estimate of drug-likeness (QED) is 0.814. The van der Waals surface area contributed by atoms with E-state index >= 15 is 0 Å². The molecule has 2 heterocycles. The number of hydrogen-bond donors (Lipinski definition) is 1. The van der Waals surface area contributed by atoms with Gasteiger partial charge < -0.3 is 5.32 Å². The number of nitrogens with one attached hydrogen (secondary N) is 1. The molecule has 7 heteroatoms. The largest absolute Gasteiger partial charge is 0.356 e. The van der Waals surface area contributed by atoms with Crippen molar-refractivity contribution >= 4 is 29.1 Å². The van der Waals surface area contributed by atoms with Gasteiger partial charge in [-0.15, -0.1) is 11.3 Å². The molecule has 6 nitrogen and oxygen atoms in total. The molecule has 0 atom stereocenters. The highest BCUT2D eigenvalue weighted by molar-refractivity contribution is 7.09. The van der Waals surface area contributed by atoms with E-state index in [2.05, 4.69) is 10.3 Å². The second kappa shape index (κ2) is 6.70. The maximum Gasteiger partial charge on any atom is 0.261 e. The van der Waals surface area contributed by atoms with E-state index in [4.69, 9.17) is 0 Å². The van der Waals surface area contributed by atoms with E-state index in [1.165, 1.54) is 0 Å². The van der Waals surface area contributed by atoms with Crippen molar-refractivity contribution in [3.8, 4) is 0 Å². The molecule has 0 saturated carbocycles. The van der Waals surface area contributed by atoms with Gasteiger partial charge in [0.05, 0.1) is 16.1 Å². The average molecular weight is 329 g/mol. The summed E-state index contributed by atoms with van der Waals surface area (Å²) in [6, 6.07) is 6.70. The molecule has 1 aromatic heterocycles. The standard InChI is InChI=1S/C16H15N3O3S/c20-13(17-7-5-14-18-8-10-23-14)6-9-19-15(21)11-3-1-2-4-12(11)16(19)22/h1-4,8,10H,5-7,9H2,(H,17,20). The normalized spacial score (nSPS) is 13.3. The van der Waals surface area contributed by atoms with Gasteiger partial charge in [-0.2, -0.15) is 0 Å². The third-order valence-corrected chi connectivity index (χ3v) is 4.42. The van der Waals surface area contributed by atoms with Gasteiger partial charge in [-0.05, 0) is 12.1 Å². The lowest BCUT2D eigenvalue weighted by atomic mass is 10.1. The second-order valence-corrected chi connectivity index (χ2v) is 6.06. The van der Waals surface area contributed by atoms with Gasteiger partial charge in [-0.1, -0.05) is 12.1 Å². The lowest BCUT2D eigenvalue weighted by Gasteiger charge is -2.13. The summed E-state index contributed by atoms with van der Waals surface area (Å²) < 4.78 is 0. The zero-order valence-electron chi connectivity index (χ0n) is 12.3. The molecule has 1 N–H and O–H groups in total. The van der Waals surface area contributed by atoms with Crippen LogP contribution in [0.15, 0.2) is 35.8 Å². The predicted octanol–water partition coefficient (Wildman–Crippen LogP) is 1.49. The molecule has 0 radical (unpaired) electrons. The molecular formula is C16H15N3O3S. The van der Waals surface area contributed by atoms with Gasteiger partial charge >= 0.3 is 0 Å². The number of rotatable bonds is 6. The molecule has 0 fully saturated rings. The molecule has 3 amide bonds. The second-order valence-electron chi connectivity index (χ2n) is 5.08. The Balaban J connectivity index is 1.48. The number of benzene rings is 1. The van der Waals surface area contributed by atoms with Crippen LogP contribution in [0.1, 0.15) is 32.1 Å². The monoisotopic (exact) mass is 329 g/mol. The highest BCUT2D eigenvalue weighted by atomic mass is 32.1. The zero-order valence-corrected chi connectivity index (χ0v) is 13.1. The molecule has 1 aliphatic rings. The van der Waals surface area contributed by atoms with Crippen LogP contribution in [0.2, 0.25) is 0 Å². The number of aromatic nitrogens is 1. The topological polar surface area (TPSA) is 79.4 Å². The summed E-state index contributed by atoms with van der Waals surface area (Å²) in [6.45, 7) is 0.587. The van der Waals surface area contributed by atoms with Crippen LogP contribution in [-0.2, 0) is 11.2 Å². The summed E-state index contributed by atoms with van der Waals surface area (Å²) in [4.78, 5) is 41.4. The minimum Gasteiger partial charge on any atom is -0.356 e. The molecule has 0 aliphatic carbocycles. The van der Waals surface area contributed by atoms with E-state index in [-0.39, 0.29) is 30.7 Å². The van der Waals surface area contributed by atoms with Crippen LogP contribution < -0.4 is 5.32 Å². The molecule has 0 unspecified atom stereocenters. The lowest BCUT2D eigenvalue weighted by molar-refractivity contribution is -0.121. The number of nitrogens with zero attached hydrogens (tertiary/aromatic N) is 2. The number of imide groups is 1. The summed E-state index contributed by atoms with van der Waals surface area (Å²) in [5.41, 5.74) is 0.809. The molecule has 0 saturated heterocycles. The predicted molar refractivity (Wildman–Crippen MR) is 85.3 cm³/mol. The van der Waals surface area contributed by atoms with Gasteiger partial charge in [0.15, 0.2) is 0 Å². The van der Waals surface area contributed by atoms with Crippen LogP contribution in [0.4, 0.5) is 0 Å². The van der Waals surface area contributed by atoms with Crippen LogP contribution in [0.25, 0.3) is 0 Å². The SMILES string of the molecule is O=C(CCN1C(=O)c2ccccc2C1=O)NCCc1nccs1. The maximum atomic E-state index is 12.2. The van der Waals surface area contributed by atoms with Crippen molar-refractivity contribution in [2.75, 3.05) is 13.1 Å². The third-order valence-electron chi connectivity index (χ3n) is 3.59. The Morgan fingerprint density at radius 3 is 2.48 bits per heavy atom. The first-order valence-electron chi connectivity index (χ1n) is 7.27. The molecule has 3 rings (SSSR count). The summed E-state index contributed by atoms with van der Waals surface area (Å²) in [7, 11) is 0. The van der Waals surface area contributed by atoms with Crippen molar-refractivity contribution in [2.24, 2.45) is 0 Å². The van der Waals surface area contributed by atoms with Crippen LogP contribution >= 0.6 is 11.3 Å². The minimum atomic E-state index is -0.332. The van der Waals surface area contributed by atoms with Crippen LogP contribution in [0.3, 0.4) is 0 Å². The third kappa shape index (κ3) is 3.29. The Kier molecular flexibility index (Phi) is 4.47. The fraction of sp³-hybridized carbons (Fsp3) is 0.250. The Labute approximate surface area is 137 Å². The van der Waals surface area contributed by atoms with Gasteiger partial charge in [0.2, 0.25) is 5.91 Å². The summed E-state index contributed by atoms with van der Waals surface area (Å²) in [5, 5.41) is 5.63. The molecule has 1 aromatic carbocycles. The van der Waals surface area contributed by atoms with E-state index in [9.17, 15) is 14.4 Å².